The molecule has 7 heteroatoms. The van der Waals surface area contributed by atoms with Crippen LogP contribution in [0, 0.1) is 11.3 Å². The van der Waals surface area contributed by atoms with Crippen LogP contribution in [0.2, 0.25) is 0 Å². The van der Waals surface area contributed by atoms with E-state index in [9.17, 15) is 13.2 Å². The minimum Gasteiger partial charge on any atom is -0.382 e. The molecular weight excluding hydrogens is 317 g/mol. The van der Waals surface area contributed by atoms with Gasteiger partial charge in [-0.3, -0.25) is 0 Å². The van der Waals surface area contributed by atoms with Gasteiger partial charge in [0.05, 0.1) is 23.5 Å². The second-order valence-electron chi connectivity index (χ2n) is 6.08. The normalized spacial score (nSPS) is 21.2. The zero-order chi connectivity index (χ0) is 17.2. The number of rotatable bonds is 3. The summed E-state index contributed by atoms with van der Waals surface area (Å²) in [6.07, 6.45) is 2.70. The lowest BCUT2D eigenvalue weighted by Crippen LogP contribution is -2.26. The number of imidazole rings is 1. The predicted octanol–water partition coefficient (Wildman–Crippen LogP) is 4.44. The van der Waals surface area contributed by atoms with Crippen LogP contribution in [-0.2, 0) is 6.18 Å². The molecule has 0 radical (unpaired) electrons. The average Bonchev–Trinajstić information content (AvgIpc) is 3.09. The van der Waals surface area contributed by atoms with Gasteiger partial charge in [-0.1, -0.05) is 6.42 Å². The highest BCUT2D eigenvalue weighted by molar-refractivity contribution is 5.53. The molecule has 2 N–H and O–H groups in total. The van der Waals surface area contributed by atoms with Crippen LogP contribution < -0.4 is 5.32 Å². The zero-order valence-corrected chi connectivity index (χ0v) is 12.9. The first kappa shape index (κ1) is 16.4. The molecular formula is C17H17F3N4. The van der Waals surface area contributed by atoms with Crippen LogP contribution in [0.3, 0.4) is 0 Å². The second-order valence-corrected chi connectivity index (χ2v) is 6.08. The van der Waals surface area contributed by atoms with E-state index in [4.69, 9.17) is 5.26 Å². The first-order valence-corrected chi connectivity index (χ1v) is 7.83. The van der Waals surface area contributed by atoms with Gasteiger partial charge in [-0.25, -0.2) is 4.98 Å². The first-order valence-electron chi connectivity index (χ1n) is 7.83. The third-order valence-corrected chi connectivity index (χ3v) is 4.45. The monoisotopic (exact) mass is 334 g/mol. The quantitative estimate of drug-likeness (QED) is 0.872. The molecule has 0 amide bonds. The van der Waals surface area contributed by atoms with E-state index in [-0.39, 0.29) is 11.6 Å². The summed E-state index contributed by atoms with van der Waals surface area (Å²) in [5, 5.41) is 12.0. The molecule has 1 aliphatic carbocycles. The molecule has 1 aliphatic rings. The first-order chi connectivity index (χ1) is 11.5. The topological polar surface area (TPSA) is 64.5 Å². The van der Waals surface area contributed by atoms with Crippen molar-refractivity contribution in [3.05, 3.63) is 47.5 Å². The number of halogens is 3. The summed E-state index contributed by atoms with van der Waals surface area (Å²) in [4.78, 5) is 7.14. The van der Waals surface area contributed by atoms with Crippen molar-refractivity contribution < 1.29 is 13.2 Å². The van der Waals surface area contributed by atoms with Crippen LogP contribution in [-0.4, -0.2) is 16.0 Å². The minimum absolute atomic E-state index is 0.0982. The third kappa shape index (κ3) is 3.53. The SMILES string of the molecule is N#Cc1ccc(NC2CCCC(c3cnc[nH]3)C2)cc1C(F)(F)F. The van der Waals surface area contributed by atoms with Crippen LogP contribution in [0.25, 0.3) is 0 Å². The zero-order valence-electron chi connectivity index (χ0n) is 12.9. The van der Waals surface area contributed by atoms with Gasteiger partial charge in [0.1, 0.15) is 0 Å². The Morgan fingerprint density at radius 2 is 2.12 bits per heavy atom. The molecule has 0 aliphatic heterocycles. The van der Waals surface area contributed by atoms with Crippen molar-refractivity contribution in [2.24, 2.45) is 0 Å². The largest absolute Gasteiger partial charge is 0.417 e. The number of anilines is 1. The Balaban J connectivity index is 1.75. The summed E-state index contributed by atoms with van der Waals surface area (Å²) >= 11 is 0. The number of alkyl halides is 3. The summed E-state index contributed by atoms with van der Waals surface area (Å²) in [6.45, 7) is 0. The van der Waals surface area contributed by atoms with Crippen LogP contribution >= 0.6 is 0 Å². The van der Waals surface area contributed by atoms with Crippen LogP contribution in [0.15, 0.2) is 30.7 Å². The lowest BCUT2D eigenvalue weighted by atomic mass is 9.84. The summed E-state index contributed by atoms with van der Waals surface area (Å²) in [5.74, 6) is 0.333. The van der Waals surface area contributed by atoms with E-state index in [0.29, 0.717) is 11.6 Å². The van der Waals surface area contributed by atoms with Crippen molar-refractivity contribution in [3.63, 3.8) is 0 Å². The van der Waals surface area contributed by atoms with Gasteiger partial charge in [0.15, 0.2) is 0 Å². The molecule has 1 saturated carbocycles. The van der Waals surface area contributed by atoms with E-state index in [2.05, 4.69) is 15.3 Å². The Kier molecular flexibility index (Phi) is 4.47. The van der Waals surface area contributed by atoms with Crippen LogP contribution in [0.1, 0.15) is 48.4 Å². The number of nitrogens with zero attached hydrogens (tertiary/aromatic N) is 2. The van der Waals surface area contributed by atoms with Gasteiger partial charge < -0.3 is 10.3 Å². The fourth-order valence-corrected chi connectivity index (χ4v) is 3.30. The number of benzene rings is 1. The smallest absolute Gasteiger partial charge is 0.382 e. The molecule has 0 spiro atoms. The fourth-order valence-electron chi connectivity index (χ4n) is 3.30. The Labute approximate surface area is 137 Å². The summed E-state index contributed by atoms with van der Waals surface area (Å²) < 4.78 is 39.2. The summed E-state index contributed by atoms with van der Waals surface area (Å²) in [7, 11) is 0. The van der Waals surface area contributed by atoms with E-state index in [1.165, 1.54) is 12.1 Å². The van der Waals surface area contributed by atoms with Crippen molar-refractivity contribution in [2.45, 2.75) is 43.8 Å². The third-order valence-electron chi connectivity index (χ3n) is 4.45. The number of H-pyrrole nitrogens is 1. The molecule has 2 unspecified atom stereocenters. The standard InChI is InChI=1S/C17H17F3N4/c18-17(19,20)15-7-14(5-4-12(15)8-21)24-13-3-1-2-11(6-13)16-9-22-10-23-16/h4-5,7,9-11,13,24H,1-3,6H2,(H,22,23). The summed E-state index contributed by atoms with van der Waals surface area (Å²) in [5.41, 5.74) is 0.219. The molecule has 126 valence electrons. The maximum atomic E-state index is 13.1. The molecule has 2 aromatic rings. The van der Waals surface area contributed by atoms with Gasteiger partial charge >= 0.3 is 6.18 Å². The second kappa shape index (κ2) is 6.56. The average molecular weight is 334 g/mol. The maximum Gasteiger partial charge on any atom is 0.417 e. The molecule has 1 heterocycles. The predicted molar refractivity (Wildman–Crippen MR) is 83.4 cm³/mol. The highest BCUT2D eigenvalue weighted by Crippen LogP contribution is 2.36. The number of aromatic amines is 1. The van der Waals surface area contributed by atoms with Gasteiger partial charge in [-0.15, -0.1) is 0 Å². The van der Waals surface area contributed by atoms with Crippen molar-refractivity contribution in [1.82, 2.24) is 9.97 Å². The van der Waals surface area contributed by atoms with Gasteiger partial charge in [0, 0.05) is 29.5 Å². The van der Waals surface area contributed by atoms with Crippen LogP contribution in [0.4, 0.5) is 18.9 Å². The minimum atomic E-state index is -4.53. The number of nitriles is 1. The van der Waals surface area contributed by atoms with E-state index >= 15 is 0 Å². The lowest BCUT2D eigenvalue weighted by Gasteiger charge is -2.30. The highest BCUT2D eigenvalue weighted by atomic mass is 19.4. The van der Waals surface area contributed by atoms with E-state index in [1.54, 1.807) is 18.6 Å². The van der Waals surface area contributed by atoms with Gasteiger partial charge in [0.2, 0.25) is 0 Å². The number of hydrogen-bond donors (Lipinski definition) is 2. The Morgan fingerprint density at radius 1 is 1.29 bits per heavy atom. The fraction of sp³-hybridized carbons (Fsp3) is 0.412. The molecule has 4 nitrogen and oxygen atoms in total. The Morgan fingerprint density at radius 3 is 2.79 bits per heavy atom. The number of hydrogen-bond acceptors (Lipinski definition) is 3. The maximum absolute atomic E-state index is 13.1. The molecule has 2 atom stereocenters. The number of nitrogens with one attached hydrogen (secondary N) is 2. The van der Waals surface area contributed by atoms with Crippen molar-refractivity contribution >= 4 is 5.69 Å². The van der Waals surface area contributed by atoms with Gasteiger partial charge in [-0.2, -0.15) is 18.4 Å². The van der Waals surface area contributed by atoms with Crippen LogP contribution in [0.5, 0.6) is 0 Å². The Hall–Kier alpha value is -2.49. The molecule has 0 saturated heterocycles. The molecule has 24 heavy (non-hydrogen) atoms. The molecule has 1 fully saturated rings. The molecule has 1 aromatic carbocycles. The van der Waals surface area contributed by atoms with E-state index in [1.807, 2.05) is 0 Å². The highest BCUT2D eigenvalue weighted by Gasteiger charge is 2.34. The molecule has 0 bridgehead atoms. The van der Waals surface area contributed by atoms with E-state index < -0.39 is 11.7 Å². The van der Waals surface area contributed by atoms with Gasteiger partial charge in [-0.05, 0) is 37.5 Å². The van der Waals surface area contributed by atoms with Crippen molar-refractivity contribution in [3.8, 4) is 6.07 Å². The van der Waals surface area contributed by atoms with Crippen molar-refractivity contribution in [2.75, 3.05) is 5.32 Å². The van der Waals surface area contributed by atoms with E-state index in [0.717, 1.165) is 37.4 Å². The lowest BCUT2D eigenvalue weighted by molar-refractivity contribution is -0.137. The summed E-state index contributed by atoms with van der Waals surface area (Å²) in [6, 6.07) is 5.48. The molecule has 3 rings (SSSR count). The number of aromatic nitrogens is 2. The van der Waals surface area contributed by atoms with Crippen molar-refractivity contribution in [1.29, 1.82) is 5.26 Å². The van der Waals surface area contributed by atoms with Gasteiger partial charge in [0.25, 0.3) is 0 Å². The Bertz CT molecular complexity index is 731. The molecule has 1 aromatic heterocycles.